The summed E-state index contributed by atoms with van der Waals surface area (Å²) in [7, 11) is -1.48. The summed E-state index contributed by atoms with van der Waals surface area (Å²) in [5, 5.41) is 0. The number of urea groups is 1. The summed E-state index contributed by atoms with van der Waals surface area (Å²) in [6, 6.07) is 18.9. The minimum Gasteiger partial charge on any atom is -0.322 e. The molecule has 34 heavy (non-hydrogen) atoms. The first-order valence-corrected chi connectivity index (χ1v) is 13.7. The topological polar surface area (TPSA) is 78.0 Å². The number of carbonyl (C=O) groups is 2. The van der Waals surface area contributed by atoms with Crippen LogP contribution in [0.4, 0.5) is 4.79 Å². The third-order valence-corrected chi connectivity index (χ3v) is 8.73. The number of carbonyl (C=O) groups excluding carboxylic acids is 2. The predicted molar refractivity (Wildman–Crippen MR) is 132 cm³/mol. The van der Waals surface area contributed by atoms with Crippen molar-refractivity contribution in [1.82, 2.24) is 14.1 Å². The number of sulfonamides is 1. The van der Waals surface area contributed by atoms with Crippen molar-refractivity contribution in [1.29, 1.82) is 0 Å². The third kappa shape index (κ3) is 4.88. The van der Waals surface area contributed by atoms with Gasteiger partial charge in [0.15, 0.2) is 0 Å². The second-order valence-electron chi connectivity index (χ2n) is 9.47. The van der Waals surface area contributed by atoms with E-state index in [-0.39, 0.29) is 42.3 Å². The molecule has 3 amide bonds. The Morgan fingerprint density at radius 3 is 2.12 bits per heavy atom. The summed E-state index contributed by atoms with van der Waals surface area (Å²) in [6.45, 7) is 2.88. The van der Waals surface area contributed by atoms with Crippen molar-refractivity contribution < 1.29 is 18.0 Å². The fourth-order valence-corrected chi connectivity index (χ4v) is 6.26. The molecule has 0 spiro atoms. The lowest BCUT2D eigenvalue weighted by Crippen LogP contribution is -2.41. The first-order chi connectivity index (χ1) is 16.2. The number of hydrogen-bond acceptors (Lipinski definition) is 4. The van der Waals surface area contributed by atoms with Crippen LogP contribution in [0.3, 0.4) is 0 Å². The molecule has 0 saturated carbocycles. The van der Waals surface area contributed by atoms with E-state index < -0.39 is 10.0 Å². The average molecular weight is 484 g/mol. The van der Waals surface area contributed by atoms with Crippen molar-refractivity contribution >= 4 is 22.0 Å². The van der Waals surface area contributed by atoms with Crippen LogP contribution in [0.1, 0.15) is 49.3 Å². The lowest BCUT2D eigenvalue weighted by molar-refractivity contribution is -0.130. The highest BCUT2D eigenvalue weighted by atomic mass is 32.2. The maximum atomic E-state index is 13.8. The number of nitrogens with zero attached hydrogens (tertiary/aromatic N) is 3. The molecule has 3 atom stereocenters. The van der Waals surface area contributed by atoms with Gasteiger partial charge in [-0.3, -0.25) is 9.69 Å². The summed E-state index contributed by atoms with van der Waals surface area (Å²) in [5.74, 6) is -0.109. The number of benzene rings is 2. The quantitative estimate of drug-likeness (QED) is 0.625. The van der Waals surface area contributed by atoms with Gasteiger partial charge < -0.3 is 4.90 Å². The van der Waals surface area contributed by atoms with E-state index in [9.17, 15) is 18.0 Å². The predicted octanol–water partition coefficient (Wildman–Crippen LogP) is 3.86. The van der Waals surface area contributed by atoms with Gasteiger partial charge in [0.2, 0.25) is 15.9 Å². The van der Waals surface area contributed by atoms with Crippen LogP contribution in [0.15, 0.2) is 60.7 Å². The molecule has 2 fully saturated rings. The van der Waals surface area contributed by atoms with E-state index in [0.29, 0.717) is 25.9 Å². The minimum atomic E-state index is -3.23. The van der Waals surface area contributed by atoms with E-state index >= 15 is 0 Å². The Morgan fingerprint density at radius 1 is 1.00 bits per heavy atom. The molecule has 2 aliphatic heterocycles. The summed E-state index contributed by atoms with van der Waals surface area (Å²) in [4.78, 5) is 30.0. The summed E-state index contributed by atoms with van der Waals surface area (Å²) in [6.07, 6.45) is 2.83. The smallest absolute Gasteiger partial charge is 0.322 e. The normalized spacial score (nSPS) is 23.3. The molecule has 7 nitrogen and oxygen atoms in total. The second kappa shape index (κ2) is 9.88. The fourth-order valence-electron chi connectivity index (χ4n) is 5.38. The van der Waals surface area contributed by atoms with Gasteiger partial charge in [0.05, 0.1) is 18.3 Å². The van der Waals surface area contributed by atoms with Crippen molar-refractivity contribution in [2.75, 3.05) is 26.4 Å². The maximum absolute atomic E-state index is 13.8. The van der Waals surface area contributed by atoms with Crippen LogP contribution in [0.25, 0.3) is 0 Å². The average Bonchev–Trinajstić information content (AvgIpc) is 3.07. The van der Waals surface area contributed by atoms with Crippen LogP contribution in [0.5, 0.6) is 0 Å². The van der Waals surface area contributed by atoms with Crippen LogP contribution < -0.4 is 0 Å². The summed E-state index contributed by atoms with van der Waals surface area (Å²) in [5.41, 5.74) is 2.00. The lowest BCUT2D eigenvalue weighted by Gasteiger charge is -2.36. The van der Waals surface area contributed by atoms with Crippen LogP contribution >= 0.6 is 0 Å². The zero-order valence-electron chi connectivity index (χ0n) is 20.0. The van der Waals surface area contributed by atoms with E-state index in [1.807, 2.05) is 67.6 Å². The highest BCUT2D eigenvalue weighted by Crippen LogP contribution is 2.40. The number of amides is 3. The maximum Gasteiger partial charge on any atom is 0.327 e. The molecule has 4 rings (SSSR count). The molecule has 3 unspecified atom stereocenters. The van der Waals surface area contributed by atoms with Crippen molar-refractivity contribution in [3.8, 4) is 0 Å². The number of likely N-dealkylation sites (N-methyl/N-ethyl adjacent to an activating group) is 1. The van der Waals surface area contributed by atoms with Crippen LogP contribution in [-0.2, 0) is 14.8 Å². The van der Waals surface area contributed by atoms with Crippen molar-refractivity contribution in [2.24, 2.45) is 5.92 Å². The SMILES string of the molecule is CC1C(c2ccccc2)N(C(=O)CC(c2ccccc2)C2CCN(S(C)(=O)=O)CC2)C(=O)N1C. The van der Waals surface area contributed by atoms with E-state index in [1.54, 1.807) is 11.9 Å². The first-order valence-electron chi connectivity index (χ1n) is 11.8. The van der Waals surface area contributed by atoms with Crippen LogP contribution in [0.2, 0.25) is 0 Å². The van der Waals surface area contributed by atoms with E-state index in [4.69, 9.17) is 0 Å². The molecule has 0 N–H and O–H groups in total. The molecule has 2 saturated heterocycles. The van der Waals surface area contributed by atoms with Crippen molar-refractivity contribution in [3.05, 3.63) is 71.8 Å². The van der Waals surface area contributed by atoms with Gasteiger partial charge >= 0.3 is 6.03 Å². The van der Waals surface area contributed by atoms with Crippen molar-refractivity contribution in [3.63, 3.8) is 0 Å². The highest BCUT2D eigenvalue weighted by Gasteiger charge is 2.46. The van der Waals surface area contributed by atoms with Crippen LogP contribution in [-0.4, -0.2) is 66.9 Å². The zero-order valence-corrected chi connectivity index (χ0v) is 20.8. The molecule has 8 heteroatoms. The minimum absolute atomic E-state index is 0.0826. The Morgan fingerprint density at radius 2 is 1.56 bits per heavy atom. The van der Waals surface area contributed by atoms with Gasteiger partial charge in [0, 0.05) is 26.6 Å². The molecule has 0 bridgehead atoms. The van der Waals surface area contributed by atoms with Gasteiger partial charge in [0.1, 0.15) is 0 Å². The number of imide groups is 1. The largest absolute Gasteiger partial charge is 0.327 e. The lowest BCUT2D eigenvalue weighted by atomic mass is 9.78. The molecule has 2 aromatic rings. The highest BCUT2D eigenvalue weighted by molar-refractivity contribution is 7.88. The van der Waals surface area contributed by atoms with Gasteiger partial charge in [-0.05, 0) is 42.7 Å². The molecule has 2 aromatic carbocycles. The molecule has 0 aromatic heterocycles. The van der Waals surface area contributed by atoms with E-state index in [1.165, 1.54) is 15.5 Å². The Hall–Kier alpha value is -2.71. The standard InChI is InChI=1S/C26H33N3O4S/c1-19-25(22-12-8-5-9-13-22)29(26(31)27(19)2)24(30)18-23(20-10-6-4-7-11-20)21-14-16-28(17-15-21)34(3,32)33/h4-13,19,21,23,25H,14-18H2,1-3H3. The van der Waals surface area contributed by atoms with E-state index in [2.05, 4.69) is 0 Å². The molecule has 2 aliphatic rings. The van der Waals surface area contributed by atoms with Gasteiger partial charge in [-0.15, -0.1) is 0 Å². The second-order valence-corrected chi connectivity index (χ2v) is 11.5. The Balaban J connectivity index is 1.60. The number of piperidine rings is 1. The summed E-state index contributed by atoms with van der Waals surface area (Å²) >= 11 is 0. The third-order valence-electron chi connectivity index (χ3n) is 7.42. The Bertz CT molecular complexity index is 1120. The molecule has 182 valence electrons. The molecule has 0 radical (unpaired) electrons. The van der Waals surface area contributed by atoms with Crippen molar-refractivity contribution in [2.45, 2.75) is 44.2 Å². The molecular formula is C26H33N3O4S. The molecular weight excluding hydrogens is 450 g/mol. The monoisotopic (exact) mass is 483 g/mol. The van der Waals surface area contributed by atoms with Gasteiger partial charge in [-0.1, -0.05) is 60.7 Å². The summed E-state index contributed by atoms with van der Waals surface area (Å²) < 4.78 is 25.5. The number of hydrogen-bond donors (Lipinski definition) is 0. The Kier molecular flexibility index (Phi) is 7.09. The van der Waals surface area contributed by atoms with Gasteiger partial charge in [-0.2, -0.15) is 0 Å². The van der Waals surface area contributed by atoms with Gasteiger partial charge in [0.25, 0.3) is 0 Å². The van der Waals surface area contributed by atoms with Gasteiger partial charge in [-0.25, -0.2) is 17.5 Å². The zero-order chi connectivity index (χ0) is 24.5. The molecule has 0 aliphatic carbocycles. The fraction of sp³-hybridized carbons (Fsp3) is 0.462. The van der Waals surface area contributed by atoms with E-state index in [0.717, 1.165) is 11.1 Å². The Labute approximate surface area is 202 Å². The van der Waals surface area contributed by atoms with Crippen LogP contribution in [0, 0.1) is 5.92 Å². The first kappa shape index (κ1) is 24.4. The number of rotatable bonds is 6. The molecule has 2 heterocycles.